The highest BCUT2D eigenvalue weighted by Gasteiger charge is 2.10. The third-order valence-electron chi connectivity index (χ3n) is 2.81. The van der Waals surface area contributed by atoms with E-state index in [-0.39, 0.29) is 11.5 Å². The molecule has 0 saturated heterocycles. The summed E-state index contributed by atoms with van der Waals surface area (Å²) in [7, 11) is 0. The van der Waals surface area contributed by atoms with E-state index in [1.165, 1.54) is 6.07 Å². The molecule has 2 aromatic carbocycles. The van der Waals surface area contributed by atoms with Crippen LogP contribution in [0.4, 0.5) is 5.69 Å². The lowest BCUT2D eigenvalue weighted by molar-refractivity contribution is 0.0695. The first-order valence-electron chi connectivity index (χ1n) is 5.88. The topological polar surface area (TPSA) is 66.4 Å². The minimum atomic E-state index is -1.01. The van der Waals surface area contributed by atoms with Gasteiger partial charge in [0.1, 0.15) is 0 Å². The zero-order chi connectivity index (χ0) is 14.7. The molecule has 0 aliphatic carbocycles. The molecule has 2 aromatic rings. The van der Waals surface area contributed by atoms with Gasteiger partial charge < -0.3 is 10.4 Å². The third-order valence-corrected chi connectivity index (χ3v) is 3.48. The molecule has 0 aliphatic rings. The van der Waals surface area contributed by atoms with Crippen LogP contribution in [-0.4, -0.2) is 17.0 Å². The molecule has 0 heterocycles. The van der Waals surface area contributed by atoms with Gasteiger partial charge in [-0.1, -0.05) is 12.1 Å². The highest BCUT2D eigenvalue weighted by molar-refractivity contribution is 14.1. The van der Waals surface area contributed by atoms with E-state index in [9.17, 15) is 9.59 Å². The molecule has 102 valence electrons. The lowest BCUT2D eigenvalue weighted by Crippen LogP contribution is -2.12. The number of hydrogen-bond donors (Lipinski definition) is 2. The second-order valence-corrected chi connectivity index (χ2v) is 5.54. The van der Waals surface area contributed by atoms with Gasteiger partial charge in [0, 0.05) is 14.8 Å². The first-order valence-corrected chi connectivity index (χ1v) is 6.96. The third kappa shape index (κ3) is 3.36. The molecule has 0 spiro atoms. The van der Waals surface area contributed by atoms with Crippen molar-refractivity contribution in [2.45, 2.75) is 6.92 Å². The Balaban J connectivity index is 2.24. The fourth-order valence-electron chi connectivity index (χ4n) is 1.76. The Labute approximate surface area is 130 Å². The summed E-state index contributed by atoms with van der Waals surface area (Å²) in [5, 5.41) is 11.8. The molecular formula is C15H12INO3. The number of carboxylic acids is 1. The van der Waals surface area contributed by atoms with Gasteiger partial charge in [0.15, 0.2) is 0 Å². The van der Waals surface area contributed by atoms with Crippen LogP contribution in [-0.2, 0) is 0 Å². The molecular weight excluding hydrogens is 369 g/mol. The van der Waals surface area contributed by atoms with Gasteiger partial charge in [0.25, 0.3) is 5.91 Å². The summed E-state index contributed by atoms with van der Waals surface area (Å²) in [5.74, 6) is -1.27. The Hall–Kier alpha value is -1.89. The van der Waals surface area contributed by atoms with Gasteiger partial charge in [-0.2, -0.15) is 0 Å². The Morgan fingerprint density at radius 2 is 1.90 bits per heavy atom. The fourth-order valence-corrected chi connectivity index (χ4v) is 2.31. The van der Waals surface area contributed by atoms with Gasteiger partial charge >= 0.3 is 5.97 Å². The second kappa shape index (κ2) is 6.04. The second-order valence-electron chi connectivity index (χ2n) is 4.30. The quantitative estimate of drug-likeness (QED) is 0.800. The molecule has 0 bridgehead atoms. The van der Waals surface area contributed by atoms with Crippen LogP contribution in [0.2, 0.25) is 0 Å². The van der Waals surface area contributed by atoms with E-state index >= 15 is 0 Å². The Morgan fingerprint density at radius 1 is 1.15 bits per heavy atom. The number of carbonyl (C=O) groups excluding carboxylic acids is 1. The molecule has 1 amide bonds. The predicted molar refractivity (Wildman–Crippen MR) is 85.3 cm³/mol. The molecule has 0 aromatic heterocycles. The molecule has 0 radical (unpaired) electrons. The lowest BCUT2D eigenvalue weighted by atomic mass is 10.1. The van der Waals surface area contributed by atoms with Crippen LogP contribution in [0.1, 0.15) is 26.3 Å². The van der Waals surface area contributed by atoms with Gasteiger partial charge in [0.05, 0.1) is 5.56 Å². The summed E-state index contributed by atoms with van der Waals surface area (Å²) in [4.78, 5) is 23.1. The number of carboxylic acid groups (broad SMARTS) is 1. The predicted octanol–water partition coefficient (Wildman–Crippen LogP) is 3.55. The Bertz CT molecular complexity index is 683. The normalized spacial score (nSPS) is 10.1. The summed E-state index contributed by atoms with van der Waals surface area (Å²) < 4.78 is 0.963. The largest absolute Gasteiger partial charge is 0.478 e. The van der Waals surface area contributed by atoms with Crippen molar-refractivity contribution in [1.82, 2.24) is 0 Å². The van der Waals surface area contributed by atoms with E-state index in [1.807, 2.05) is 6.07 Å². The Kier molecular flexibility index (Phi) is 4.39. The molecule has 0 unspecified atom stereocenters. The smallest absolute Gasteiger partial charge is 0.336 e. The van der Waals surface area contributed by atoms with Gasteiger partial charge in [-0.15, -0.1) is 0 Å². The monoisotopic (exact) mass is 381 g/mol. The van der Waals surface area contributed by atoms with Crippen LogP contribution in [0.25, 0.3) is 0 Å². The number of amides is 1. The zero-order valence-electron chi connectivity index (χ0n) is 10.7. The first kappa shape index (κ1) is 14.5. The highest BCUT2D eigenvalue weighted by Crippen LogP contribution is 2.17. The van der Waals surface area contributed by atoms with E-state index in [0.717, 1.165) is 3.57 Å². The van der Waals surface area contributed by atoms with Crippen molar-refractivity contribution in [3.8, 4) is 0 Å². The number of nitrogens with one attached hydrogen (secondary N) is 1. The molecule has 0 aliphatic heterocycles. The van der Waals surface area contributed by atoms with Crippen molar-refractivity contribution in [1.29, 1.82) is 0 Å². The SMILES string of the molecule is Cc1ccc(NC(=O)c2cccc(I)c2)cc1C(=O)O. The number of halogens is 1. The van der Waals surface area contributed by atoms with Crippen molar-refractivity contribution in [2.75, 3.05) is 5.32 Å². The minimum absolute atomic E-state index is 0.186. The number of rotatable bonds is 3. The van der Waals surface area contributed by atoms with E-state index in [1.54, 1.807) is 37.3 Å². The molecule has 5 heteroatoms. The van der Waals surface area contributed by atoms with Gasteiger partial charge in [-0.3, -0.25) is 4.79 Å². The van der Waals surface area contributed by atoms with Crippen molar-refractivity contribution in [2.24, 2.45) is 0 Å². The van der Waals surface area contributed by atoms with Gasteiger partial charge in [-0.05, 0) is 65.4 Å². The van der Waals surface area contributed by atoms with Gasteiger partial charge in [0.2, 0.25) is 0 Å². The van der Waals surface area contributed by atoms with Crippen LogP contribution in [0.5, 0.6) is 0 Å². The Morgan fingerprint density at radius 3 is 2.55 bits per heavy atom. The van der Waals surface area contributed by atoms with E-state index < -0.39 is 5.97 Å². The lowest BCUT2D eigenvalue weighted by Gasteiger charge is -2.08. The summed E-state index contributed by atoms with van der Waals surface area (Å²) in [6.07, 6.45) is 0. The van der Waals surface area contributed by atoms with Crippen LogP contribution in [0.3, 0.4) is 0 Å². The fraction of sp³-hybridized carbons (Fsp3) is 0.0667. The molecule has 4 nitrogen and oxygen atoms in total. The summed E-state index contributed by atoms with van der Waals surface area (Å²) in [5.41, 5.74) is 1.85. The molecule has 0 atom stereocenters. The van der Waals surface area contributed by atoms with E-state index in [0.29, 0.717) is 16.8 Å². The number of anilines is 1. The number of aryl methyl sites for hydroxylation is 1. The summed E-state index contributed by atoms with van der Waals surface area (Å²) in [6.45, 7) is 1.72. The maximum atomic E-state index is 12.1. The number of aromatic carboxylic acids is 1. The number of carbonyl (C=O) groups is 2. The average molecular weight is 381 g/mol. The molecule has 2 N–H and O–H groups in total. The summed E-state index contributed by atoms with van der Waals surface area (Å²) >= 11 is 2.13. The van der Waals surface area contributed by atoms with Crippen molar-refractivity contribution >= 4 is 40.2 Å². The molecule has 0 saturated carbocycles. The first-order chi connectivity index (χ1) is 9.47. The maximum absolute atomic E-state index is 12.1. The van der Waals surface area contributed by atoms with E-state index in [4.69, 9.17) is 5.11 Å². The van der Waals surface area contributed by atoms with Crippen molar-refractivity contribution < 1.29 is 14.7 Å². The zero-order valence-corrected chi connectivity index (χ0v) is 12.8. The number of benzene rings is 2. The van der Waals surface area contributed by atoms with Crippen LogP contribution in [0, 0.1) is 10.5 Å². The number of hydrogen-bond acceptors (Lipinski definition) is 2. The highest BCUT2D eigenvalue weighted by atomic mass is 127. The van der Waals surface area contributed by atoms with Crippen molar-refractivity contribution in [3.05, 3.63) is 62.7 Å². The van der Waals surface area contributed by atoms with Crippen LogP contribution < -0.4 is 5.32 Å². The minimum Gasteiger partial charge on any atom is -0.478 e. The maximum Gasteiger partial charge on any atom is 0.336 e. The van der Waals surface area contributed by atoms with Crippen molar-refractivity contribution in [3.63, 3.8) is 0 Å². The summed E-state index contributed by atoms with van der Waals surface area (Å²) in [6, 6.07) is 12.0. The van der Waals surface area contributed by atoms with Crippen LogP contribution >= 0.6 is 22.6 Å². The molecule has 0 fully saturated rings. The van der Waals surface area contributed by atoms with Gasteiger partial charge in [-0.25, -0.2) is 4.79 Å². The molecule has 2 rings (SSSR count). The average Bonchev–Trinajstić information content (AvgIpc) is 2.40. The van der Waals surface area contributed by atoms with Crippen LogP contribution in [0.15, 0.2) is 42.5 Å². The van der Waals surface area contributed by atoms with E-state index in [2.05, 4.69) is 27.9 Å². The molecule has 20 heavy (non-hydrogen) atoms. The standard InChI is InChI=1S/C15H12INO3/c1-9-5-6-12(8-13(9)15(19)20)17-14(18)10-3-2-4-11(16)7-10/h2-8H,1H3,(H,17,18)(H,19,20).